The molecule has 3 aromatic rings. The number of ether oxygens (including phenoxy) is 1. The van der Waals surface area contributed by atoms with Crippen LogP contribution in [0.2, 0.25) is 0 Å². The summed E-state index contributed by atoms with van der Waals surface area (Å²) in [5.41, 5.74) is 8.37. The van der Waals surface area contributed by atoms with Crippen LogP contribution >= 0.6 is 0 Å². The molecule has 0 spiro atoms. The van der Waals surface area contributed by atoms with Gasteiger partial charge in [-0.05, 0) is 73.5 Å². The summed E-state index contributed by atoms with van der Waals surface area (Å²) < 4.78 is 5.96. The third-order valence-electron chi connectivity index (χ3n) is 6.70. The maximum Gasteiger partial charge on any atom is 0.247 e. The minimum Gasteiger partial charge on any atom is -0.489 e. The number of carbonyl (C=O) groups is 2. The molecule has 0 radical (unpaired) electrons. The Morgan fingerprint density at radius 3 is 2.47 bits per heavy atom. The molecule has 1 aromatic heterocycles. The van der Waals surface area contributed by atoms with Crippen LogP contribution in [0.1, 0.15) is 36.8 Å². The van der Waals surface area contributed by atoms with Crippen molar-refractivity contribution in [2.75, 3.05) is 11.9 Å². The number of benzene rings is 2. The number of amides is 2. The number of rotatable bonds is 10. The highest BCUT2D eigenvalue weighted by Gasteiger charge is 2.29. The van der Waals surface area contributed by atoms with Gasteiger partial charge in [0.2, 0.25) is 11.8 Å². The van der Waals surface area contributed by atoms with Crippen molar-refractivity contribution < 1.29 is 14.3 Å². The molecule has 0 saturated heterocycles. The Morgan fingerprint density at radius 2 is 1.75 bits per heavy atom. The van der Waals surface area contributed by atoms with Crippen LogP contribution in [0.3, 0.4) is 0 Å². The first-order valence-electron chi connectivity index (χ1n) is 12.6. The van der Waals surface area contributed by atoms with Gasteiger partial charge in [-0.1, -0.05) is 42.5 Å². The zero-order valence-electron chi connectivity index (χ0n) is 20.4. The maximum absolute atomic E-state index is 13.2. The van der Waals surface area contributed by atoms with Crippen molar-refractivity contribution in [2.45, 2.75) is 44.8 Å². The number of anilines is 1. The molecule has 36 heavy (non-hydrogen) atoms. The van der Waals surface area contributed by atoms with Crippen molar-refractivity contribution in [3.8, 4) is 5.75 Å². The van der Waals surface area contributed by atoms with Crippen molar-refractivity contribution in [2.24, 2.45) is 17.6 Å². The summed E-state index contributed by atoms with van der Waals surface area (Å²) in [4.78, 5) is 30.4. The zero-order chi connectivity index (χ0) is 25.2. The number of pyridine rings is 1. The SMILES string of the molecule is NCC1CCC(C(=O)NC(Cc2cccc(OCc3ccccc3)c2)C(=O)Nc2cccnc2)CC1. The topological polar surface area (TPSA) is 106 Å². The fourth-order valence-electron chi connectivity index (χ4n) is 4.56. The van der Waals surface area contributed by atoms with Crippen molar-refractivity contribution in [1.82, 2.24) is 10.3 Å². The van der Waals surface area contributed by atoms with Gasteiger partial charge in [0.15, 0.2) is 0 Å². The Labute approximate surface area is 212 Å². The summed E-state index contributed by atoms with van der Waals surface area (Å²) in [7, 11) is 0. The zero-order valence-corrected chi connectivity index (χ0v) is 20.4. The average molecular weight is 487 g/mol. The normalized spacial score (nSPS) is 18.1. The molecule has 1 atom stereocenters. The van der Waals surface area contributed by atoms with E-state index >= 15 is 0 Å². The van der Waals surface area contributed by atoms with E-state index < -0.39 is 6.04 Å². The smallest absolute Gasteiger partial charge is 0.247 e. The predicted molar refractivity (Wildman–Crippen MR) is 140 cm³/mol. The van der Waals surface area contributed by atoms with Gasteiger partial charge >= 0.3 is 0 Å². The third-order valence-corrected chi connectivity index (χ3v) is 6.70. The summed E-state index contributed by atoms with van der Waals surface area (Å²) in [6.45, 7) is 1.12. The van der Waals surface area contributed by atoms with Crippen molar-refractivity contribution in [1.29, 1.82) is 0 Å². The van der Waals surface area contributed by atoms with Gasteiger partial charge in [0.05, 0.1) is 11.9 Å². The summed E-state index contributed by atoms with van der Waals surface area (Å²) in [6.07, 6.45) is 7.07. The molecule has 1 heterocycles. The van der Waals surface area contributed by atoms with E-state index in [0.717, 1.165) is 36.8 Å². The lowest BCUT2D eigenvalue weighted by atomic mass is 9.81. The molecule has 2 amide bonds. The van der Waals surface area contributed by atoms with Gasteiger partial charge in [-0.15, -0.1) is 0 Å². The van der Waals surface area contributed by atoms with Gasteiger partial charge in [-0.3, -0.25) is 14.6 Å². The van der Waals surface area contributed by atoms with Crippen molar-refractivity contribution in [3.05, 3.63) is 90.3 Å². The van der Waals surface area contributed by atoms with Gasteiger partial charge in [0, 0.05) is 18.5 Å². The van der Waals surface area contributed by atoms with Crippen molar-refractivity contribution >= 4 is 17.5 Å². The number of carbonyl (C=O) groups excluding carboxylic acids is 2. The van der Waals surface area contributed by atoms with Crippen LogP contribution in [-0.4, -0.2) is 29.4 Å². The van der Waals surface area contributed by atoms with Gasteiger partial charge in [-0.2, -0.15) is 0 Å². The number of hydrogen-bond acceptors (Lipinski definition) is 5. The molecular weight excluding hydrogens is 452 g/mol. The third kappa shape index (κ3) is 7.39. The molecule has 2 aromatic carbocycles. The summed E-state index contributed by atoms with van der Waals surface area (Å²) in [5.74, 6) is 0.754. The molecule has 1 aliphatic carbocycles. The highest BCUT2D eigenvalue weighted by atomic mass is 16.5. The first-order valence-corrected chi connectivity index (χ1v) is 12.6. The van der Waals surface area contributed by atoms with E-state index in [2.05, 4.69) is 15.6 Å². The Hall–Kier alpha value is -3.71. The van der Waals surface area contributed by atoms with Crippen LogP contribution in [0.15, 0.2) is 79.1 Å². The molecule has 1 fully saturated rings. The van der Waals surface area contributed by atoms with Gasteiger partial charge < -0.3 is 21.1 Å². The van der Waals surface area contributed by atoms with Gasteiger partial charge in [0.25, 0.3) is 0 Å². The average Bonchev–Trinajstić information content (AvgIpc) is 2.93. The molecule has 4 N–H and O–H groups in total. The largest absolute Gasteiger partial charge is 0.489 e. The molecule has 1 saturated carbocycles. The van der Waals surface area contributed by atoms with E-state index in [1.807, 2.05) is 54.6 Å². The second kappa shape index (κ2) is 12.8. The lowest BCUT2D eigenvalue weighted by Crippen LogP contribution is -2.48. The highest BCUT2D eigenvalue weighted by molar-refractivity contribution is 5.97. The summed E-state index contributed by atoms with van der Waals surface area (Å²) in [6, 6.07) is 20.4. The summed E-state index contributed by atoms with van der Waals surface area (Å²) >= 11 is 0. The molecule has 7 nitrogen and oxygen atoms in total. The molecule has 4 rings (SSSR count). The van der Waals surface area contributed by atoms with Crippen LogP contribution in [-0.2, 0) is 22.6 Å². The van der Waals surface area contributed by atoms with E-state index in [0.29, 0.717) is 36.9 Å². The van der Waals surface area contributed by atoms with Crippen LogP contribution in [0.4, 0.5) is 5.69 Å². The van der Waals surface area contributed by atoms with Crippen LogP contribution < -0.4 is 21.1 Å². The van der Waals surface area contributed by atoms with Crippen LogP contribution in [0.5, 0.6) is 5.75 Å². The molecule has 7 heteroatoms. The van der Waals surface area contributed by atoms with Crippen LogP contribution in [0.25, 0.3) is 0 Å². The molecule has 0 bridgehead atoms. The lowest BCUT2D eigenvalue weighted by molar-refractivity contribution is -0.130. The number of nitrogens with one attached hydrogen (secondary N) is 2. The standard InChI is InChI=1S/C29H34N4O3/c30-18-21-11-13-24(14-12-21)28(34)33-27(29(35)32-25-9-5-15-31-19-25)17-23-8-4-10-26(16-23)36-20-22-6-2-1-3-7-22/h1-10,15-16,19,21,24,27H,11-14,17-18,20,30H2,(H,32,35)(H,33,34). The number of hydrogen-bond donors (Lipinski definition) is 3. The van der Waals surface area contributed by atoms with Crippen molar-refractivity contribution in [3.63, 3.8) is 0 Å². The summed E-state index contributed by atoms with van der Waals surface area (Å²) in [5, 5.41) is 5.91. The minimum atomic E-state index is -0.727. The molecular formula is C29H34N4O3. The second-order valence-corrected chi connectivity index (χ2v) is 9.37. The van der Waals surface area contributed by atoms with E-state index in [4.69, 9.17) is 10.5 Å². The Bertz CT molecular complexity index is 1120. The van der Waals surface area contributed by atoms with E-state index in [9.17, 15) is 9.59 Å². The number of aromatic nitrogens is 1. The molecule has 188 valence electrons. The fourth-order valence-corrected chi connectivity index (χ4v) is 4.56. The molecule has 1 unspecified atom stereocenters. The predicted octanol–water partition coefficient (Wildman–Crippen LogP) is 4.09. The molecule has 1 aliphatic rings. The Morgan fingerprint density at radius 1 is 0.972 bits per heavy atom. The minimum absolute atomic E-state index is 0.0757. The first kappa shape index (κ1) is 25.4. The lowest BCUT2D eigenvalue weighted by Gasteiger charge is -2.28. The van der Waals surface area contributed by atoms with Gasteiger partial charge in [-0.25, -0.2) is 0 Å². The first-order chi connectivity index (χ1) is 17.6. The quantitative estimate of drug-likeness (QED) is 0.400. The van der Waals surface area contributed by atoms with Crippen LogP contribution in [0, 0.1) is 11.8 Å². The van der Waals surface area contributed by atoms with Gasteiger partial charge in [0.1, 0.15) is 18.4 Å². The number of nitrogens with zero attached hydrogens (tertiary/aromatic N) is 1. The van der Waals surface area contributed by atoms with E-state index in [1.165, 1.54) is 0 Å². The highest BCUT2D eigenvalue weighted by Crippen LogP contribution is 2.28. The Balaban J connectivity index is 1.44. The van der Waals surface area contributed by atoms with E-state index in [-0.39, 0.29) is 17.7 Å². The second-order valence-electron chi connectivity index (χ2n) is 9.37. The number of nitrogens with two attached hydrogens (primary N) is 1. The molecule has 0 aliphatic heterocycles. The fraction of sp³-hybridized carbons (Fsp3) is 0.345. The van der Waals surface area contributed by atoms with E-state index in [1.54, 1.807) is 24.5 Å². The maximum atomic E-state index is 13.2. The monoisotopic (exact) mass is 486 g/mol. The Kier molecular flexibility index (Phi) is 9.05.